The van der Waals surface area contributed by atoms with E-state index in [1.807, 2.05) is 13.8 Å². The van der Waals surface area contributed by atoms with Gasteiger partial charge in [-0.25, -0.2) is 9.69 Å². The number of hydrogen-bond donors (Lipinski definition) is 1. The molecule has 1 saturated carbocycles. The van der Waals surface area contributed by atoms with Gasteiger partial charge in [-0.3, -0.25) is 9.69 Å². The summed E-state index contributed by atoms with van der Waals surface area (Å²) in [4.78, 5) is 29.5. The summed E-state index contributed by atoms with van der Waals surface area (Å²) < 4.78 is 11.5. The minimum atomic E-state index is -0.671. The number of carbonyl (C=O) groups is 2. The Morgan fingerprint density at radius 3 is 2.23 bits per heavy atom. The van der Waals surface area contributed by atoms with Gasteiger partial charge in [-0.1, -0.05) is 25.7 Å². The molecule has 1 saturated heterocycles. The van der Waals surface area contributed by atoms with E-state index in [4.69, 9.17) is 9.47 Å². The number of nitrogens with one attached hydrogen (secondary N) is 1. The molecule has 1 aromatic rings. The van der Waals surface area contributed by atoms with Crippen LogP contribution in [0.15, 0.2) is 12.1 Å². The largest absolute Gasteiger partial charge is 0.490 e. The SMILES string of the molecule is CCOc1cc2c(cc1OCC)CN(CN1C(=O)NC3(CCCCCC3)C1=O)CC2. The van der Waals surface area contributed by atoms with Crippen LogP contribution < -0.4 is 14.8 Å². The van der Waals surface area contributed by atoms with Crippen molar-refractivity contribution in [2.75, 3.05) is 26.4 Å². The summed E-state index contributed by atoms with van der Waals surface area (Å²) >= 11 is 0. The third-order valence-corrected chi connectivity index (χ3v) is 6.50. The van der Waals surface area contributed by atoms with Gasteiger partial charge in [-0.05, 0) is 56.4 Å². The van der Waals surface area contributed by atoms with Crippen LogP contribution in [0, 0.1) is 0 Å². The van der Waals surface area contributed by atoms with Crippen LogP contribution in [-0.4, -0.2) is 53.7 Å². The number of fused-ring (bicyclic) bond motifs is 1. The van der Waals surface area contributed by atoms with Crippen LogP contribution in [-0.2, 0) is 17.8 Å². The minimum Gasteiger partial charge on any atom is -0.490 e. The molecule has 1 spiro atoms. The highest BCUT2D eigenvalue weighted by Gasteiger charge is 2.51. The molecular weight excluding hydrogens is 382 g/mol. The summed E-state index contributed by atoms with van der Waals surface area (Å²) in [5.74, 6) is 1.50. The Bertz CT molecular complexity index is 802. The fourth-order valence-corrected chi connectivity index (χ4v) is 4.96. The molecule has 3 aliphatic rings. The number of ether oxygens (including phenoxy) is 2. The maximum absolute atomic E-state index is 13.2. The van der Waals surface area contributed by atoms with Crippen molar-refractivity contribution in [3.05, 3.63) is 23.3 Å². The molecule has 1 aliphatic carbocycles. The Labute approximate surface area is 178 Å². The number of imide groups is 1. The lowest BCUT2D eigenvalue weighted by Gasteiger charge is -2.32. The monoisotopic (exact) mass is 415 g/mol. The first-order valence-electron chi connectivity index (χ1n) is 11.3. The third kappa shape index (κ3) is 4.00. The highest BCUT2D eigenvalue weighted by Crippen LogP contribution is 2.35. The molecule has 0 bridgehead atoms. The van der Waals surface area contributed by atoms with Crippen molar-refractivity contribution in [1.29, 1.82) is 0 Å². The molecule has 3 amide bonds. The van der Waals surface area contributed by atoms with Crippen molar-refractivity contribution in [3.63, 3.8) is 0 Å². The van der Waals surface area contributed by atoms with Crippen LogP contribution in [0.3, 0.4) is 0 Å². The molecule has 0 radical (unpaired) electrons. The normalized spacial score (nSPS) is 21.3. The molecular formula is C23H33N3O4. The molecule has 0 atom stereocenters. The van der Waals surface area contributed by atoms with Gasteiger partial charge in [0.1, 0.15) is 5.54 Å². The number of amides is 3. The second-order valence-corrected chi connectivity index (χ2v) is 8.54. The van der Waals surface area contributed by atoms with Gasteiger partial charge in [0.2, 0.25) is 0 Å². The average Bonchev–Trinajstić information content (AvgIpc) is 2.89. The average molecular weight is 416 g/mol. The Balaban J connectivity index is 1.48. The fourth-order valence-electron chi connectivity index (χ4n) is 4.96. The van der Waals surface area contributed by atoms with E-state index in [2.05, 4.69) is 22.3 Å². The molecule has 1 aromatic carbocycles. The fraction of sp³-hybridized carbons (Fsp3) is 0.652. The number of nitrogens with zero attached hydrogens (tertiary/aromatic N) is 2. The zero-order valence-corrected chi connectivity index (χ0v) is 18.2. The van der Waals surface area contributed by atoms with Gasteiger partial charge in [0.15, 0.2) is 11.5 Å². The maximum atomic E-state index is 13.2. The van der Waals surface area contributed by atoms with Crippen molar-refractivity contribution in [2.24, 2.45) is 0 Å². The lowest BCUT2D eigenvalue weighted by atomic mass is 9.90. The summed E-state index contributed by atoms with van der Waals surface area (Å²) in [5.41, 5.74) is 1.75. The molecule has 0 unspecified atom stereocenters. The molecule has 2 heterocycles. The van der Waals surface area contributed by atoms with Crippen LogP contribution in [0.5, 0.6) is 11.5 Å². The highest BCUT2D eigenvalue weighted by atomic mass is 16.5. The lowest BCUT2D eigenvalue weighted by Crippen LogP contribution is -2.48. The third-order valence-electron chi connectivity index (χ3n) is 6.50. The van der Waals surface area contributed by atoms with E-state index in [1.165, 1.54) is 16.0 Å². The van der Waals surface area contributed by atoms with Crippen LogP contribution >= 0.6 is 0 Å². The molecule has 7 heteroatoms. The molecule has 2 aliphatic heterocycles. The van der Waals surface area contributed by atoms with Crippen molar-refractivity contribution < 1.29 is 19.1 Å². The quantitative estimate of drug-likeness (QED) is 0.721. The summed E-state index contributed by atoms with van der Waals surface area (Å²) in [6.07, 6.45) is 6.65. The van der Waals surface area contributed by atoms with Gasteiger partial charge in [0.05, 0.1) is 19.9 Å². The lowest BCUT2D eigenvalue weighted by molar-refractivity contribution is -0.133. The molecule has 0 aromatic heterocycles. The number of hydrogen-bond acceptors (Lipinski definition) is 5. The van der Waals surface area contributed by atoms with E-state index in [1.54, 1.807) is 0 Å². The Kier molecular flexibility index (Phi) is 6.18. The van der Waals surface area contributed by atoms with E-state index < -0.39 is 5.54 Å². The first-order valence-corrected chi connectivity index (χ1v) is 11.3. The summed E-state index contributed by atoms with van der Waals surface area (Å²) in [7, 11) is 0. The summed E-state index contributed by atoms with van der Waals surface area (Å²) in [6.45, 7) is 6.93. The van der Waals surface area contributed by atoms with Crippen LogP contribution in [0.25, 0.3) is 0 Å². The first kappa shape index (κ1) is 21.0. The Hall–Kier alpha value is -2.28. The van der Waals surface area contributed by atoms with Gasteiger partial charge in [-0.2, -0.15) is 0 Å². The maximum Gasteiger partial charge on any atom is 0.326 e. The zero-order chi connectivity index (χ0) is 21.1. The zero-order valence-electron chi connectivity index (χ0n) is 18.2. The predicted molar refractivity (Wildman–Crippen MR) is 114 cm³/mol. The standard InChI is InChI=1S/C23H33N3O4/c1-3-29-19-13-17-9-12-25(15-18(17)14-20(19)30-4-2)16-26-21(27)23(24-22(26)28)10-7-5-6-8-11-23/h13-14H,3-12,15-16H2,1-2H3,(H,24,28). The van der Waals surface area contributed by atoms with Gasteiger partial charge in [0, 0.05) is 13.1 Å². The molecule has 164 valence electrons. The topological polar surface area (TPSA) is 71.1 Å². The van der Waals surface area contributed by atoms with E-state index in [-0.39, 0.29) is 11.9 Å². The van der Waals surface area contributed by atoms with Gasteiger partial charge >= 0.3 is 6.03 Å². The second kappa shape index (κ2) is 8.84. The van der Waals surface area contributed by atoms with Crippen LogP contribution in [0.4, 0.5) is 4.79 Å². The van der Waals surface area contributed by atoms with Crippen molar-refractivity contribution >= 4 is 11.9 Å². The summed E-state index contributed by atoms with van der Waals surface area (Å²) in [5, 5.41) is 3.04. The van der Waals surface area contributed by atoms with E-state index in [9.17, 15) is 9.59 Å². The molecule has 7 nitrogen and oxygen atoms in total. The van der Waals surface area contributed by atoms with Crippen LogP contribution in [0.2, 0.25) is 0 Å². The smallest absolute Gasteiger partial charge is 0.326 e. The number of carbonyl (C=O) groups excluding carboxylic acids is 2. The summed E-state index contributed by atoms with van der Waals surface area (Å²) in [6, 6.07) is 3.89. The van der Waals surface area contributed by atoms with Crippen molar-refractivity contribution in [1.82, 2.24) is 15.1 Å². The van der Waals surface area contributed by atoms with Gasteiger partial charge < -0.3 is 14.8 Å². The number of urea groups is 1. The van der Waals surface area contributed by atoms with E-state index in [0.717, 1.165) is 63.0 Å². The molecule has 2 fully saturated rings. The van der Waals surface area contributed by atoms with Crippen molar-refractivity contribution in [2.45, 2.75) is 70.9 Å². The van der Waals surface area contributed by atoms with E-state index in [0.29, 0.717) is 26.4 Å². The van der Waals surface area contributed by atoms with Gasteiger partial charge in [0.25, 0.3) is 5.91 Å². The number of benzene rings is 1. The van der Waals surface area contributed by atoms with E-state index >= 15 is 0 Å². The predicted octanol–water partition coefficient (Wildman–Crippen LogP) is 3.44. The first-order chi connectivity index (χ1) is 14.6. The Morgan fingerprint density at radius 2 is 1.60 bits per heavy atom. The Morgan fingerprint density at radius 1 is 0.967 bits per heavy atom. The van der Waals surface area contributed by atoms with Gasteiger partial charge in [-0.15, -0.1) is 0 Å². The number of rotatable bonds is 6. The minimum absolute atomic E-state index is 0.0399. The van der Waals surface area contributed by atoms with Crippen LogP contribution in [0.1, 0.15) is 63.5 Å². The van der Waals surface area contributed by atoms with Crippen molar-refractivity contribution in [3.8, 4) is 11.5 Å². The molecule has 1 N–H and O–H groups in total. The molecule has 30 heavy (non-hydrogen) atoms. The second-order valence-electron chi connectivity index (χ2n) is 8.54. The highest BCUT2D eigenvalue weighted by molar-refractivity contribution is 6.07. The molecule has 4 rings (SSSR count).